The van der Waals surface area contributed by atoms with Crippen LogP contribution in [0.2, 0.25) is 0 Å². The van der Waals surface area contributed by atoms with Gasteiger partial charge >= 0.3 is 0 Å². The Kier molecular flexibility index (Phi) is 2.60. The Morgan fingerprint density at radius 3 is 2.64 bits per heavy atom. The van der Waals surface area contributed by atoms with E-state index in [9.17, 15) is 4.39 Å². The monoisotopic (exact) mass is 259 g/mol. The molecule has 1 aliphatic carbocycles. The maximum absolute atomic E-state index is 13.1. The van der Waals surface area contributed by atoms with Crippen molar-refractivity contribution in [1.29, 1.82) is 0 Å². The van der Waals surface area contributed by atoms with E-state index in [2.05, 4.69) is 20.8 Å². The molecule has 0 heterocycles. The molecule has 0 spiro atoms. The van der Waals surface area contributed by atoms with E-state index >= 15 is 0 Å². The standard InChI is InChI=1S/C10H11BrFNO/c11-8-3-7(4-9(12)5-8)10(1-2-10)6-14-13/h3-5H,1-2,6,13H2. The van der Waals surface area contributed by atoms with E-state index in [0.29, 0.717) is 6.61 Å². The van der Waals surface area contributed by atoms with Gasteiger partial charge in [-0.25, -0.2) is 10.3 Å². The van der Waals surface area contributed by atoms with Gasteiger partial charge in [-0.15, -0.1) is 0 Å². The second-order valence-electron chi connectivity index (χ2n) is 3.75. The average Bonchev–Trinajstić information content (AvgIpc) is 2.84. The highest BCUT2D eigenvalue weighted by atomic mass is 79.9. The molecule has 0 atom stereocenters. The fourth-order valence-electron chi connectivity index (χ4n) is 1.69. The van der Waals surface area contributed by atoms with Gasteiger partial charge in [-0.05, 0) is 36.6 Å². The highest BCUT2D eigenvalue weighted by molar-refractivity contribution is 9.10. The van der Waals surface area contributed by atoms with Crippen LogP contribution in [0.1, 0.15) is 18.4 Å². The smallest absolute Gasteiger partial charge is 0.124 e. The molecule has 0 saturated heterocycles. The van der Waals surface area contributed by atoms with Crippen LogP contribution < -0.4 is 5.90 Å². The molecule has 1 aliphatic rings. The number of nitrogens with two attached hydrogens (primary N) is 1. The first-order valence-electron chi connectivity index (χ1n) is 4.45. The van der Waals surface area contributed by atoms with Crippen molar-refractivity contribution >= 4 is 15.9 Å². The molecule has 4 heteroatoms. The van der Waals surface area contributed by atoms with Gasteiger partial charge in [0.2, 0.25) is 0 Å². The predicted molar refractivity (Wildman–Crippen MR) is 55.2 cm³/mol. The Labute approximate surface area is 90.3 Å². The van der Waals surface area contributed by atoms with Gasteiger partial charge in [-0.2, -0.15) is 0 Å². The number of hydrogen-bond acceptors (Lipinski definition) is 2. The van der Waals surface area contributed by atoms with Gasteiger partial charge in [-0.3, -0.25) is 0 Å². The quantitative estimate of drug-likeness (QED) is 0.847. The fourth-order valence-corrected chi connectivity index (χ4v) is 2.15. The van der Waals surface area contributed by atoms with E-state index in [1.54, 1.807) is 6.07 Å². The summed E-state index contributed by atoms with van der Waals surface area (Å²) in [4.78, 5) is 4.67. The van der Waals surface area contributed by atoms with Crippen molar-refractivity contribution in [2.45, 2.75) is 18.3 Å². The number of benzene rings is 1. The van der Waals surface area contributed by atoms with Crippen LogP contribution in [0.3, 0.4) is 0 Å². The summed E-state index contributed by atoms with van der Waals surface area (Å²) in [6.45, 7) is 0.461. The van der Waals surface area contributed by atoms with Crippen molar-refractivity contribution in [3.05, 3.63) is 34.1 Å². The van der Waals surface area contributed by atoms with Gasteiger partial charge in [0.25, 0.3) is 0 Å². The maximum Gasteiger partial charge on any atom is 0.124 e. The summed E-state index contributed by atoms with van der Waals surface area (Å²) in [5.74, 6) is 4.84. The molecule has 14 heavy (non-hydrogen) atoms. The van der Waals surface area contributed by atoms with Crippen molar-refractivity contribution in [2.24, 2.45) is 5.90 Å². The van der Waals surface area contributed by atoms with Crippen molar-refractivity contribution in [3.8, 4) is 0 Å². The van der Waals surface area contributed by atoms with Crippen molar-refractivity contribution in [3.63, 3.8) is 0 Å². The molecule has 0 unspecified atom stereocenters. The van der Waals surface area contributed by atoms with E-state index in [4.69, 9.17) is 5.90 Å². The maximum atomic E-state index is 13.1. The van der Waals surface area contributed by atoms with Gasteiger partial charge in [0.05, 0.1) is 6.61 Å². The zero-order chi connectivity index (χ0) is 10.2. The molecule has 2 nitrogen and oxygen atoms in total. The van der Waals surface area contributed by atoms with E-state index in [-0.39, 0.29) is 11.2 Å². The predicted octanol–water partition coefficient (Wildman–Crippen LogP) is 2.51. The Balaban J connectivity index is 2.32. The summed E-state index contributed by atoms with van der Waals surface area (Å²) in [6, 6.07) is 4.93. The van der Waals surface area contributed by atoms with Gasteiger partial charge in [0.15, 0.2) is 0 Å². The lowest BCUT2D eigenvalue weighted by Crippen LogP contribution is -2.18. The van der Waals surface area contributed by atoms with Crippen LogP contribution in [0.5, 0.6) is 0 Å². The Hall–Kier alpha value is -0.450. The van der Waals surface area contributed by atoms with E-state index in [1.165, 1.54) is 6.07 Å². The van der Waals surface area contributed by atoms with Gasteiger partial charge in [-0.1, -0.05) is 15.9 Å². The van der Waals surface area contributed by atoms with Crippen LogP contribution >= 0.6 is 15.9 Å². The molecular formula is C10H11BrFNO. The molecule has 0 bridgehead atoms. The molecule has 2 rings (SSSR count). The van der Waals surface area contributed by atoms with Gasteiger partial charge in [0, 0.05) is 9.89 Å². The van der Waals surface area contributed by atoms with Crippen molar-refractivity contribution in [2.75, 3.05) is 6.61 Å². The first kappa shape index (κ1) is 10.1. The molecule has 0 aliphatic heterocycles. The zero-order valence-corrected chi connectivity index (χ0v) is 9.18. The molecule has 76 valence electrons. The Morgan fingerprint density at radius 1 is 1.43 bits per heavy atom. The summed E-state index contributed by atoms with van der Waals surface area (Å²) >= 11 is 3.27. The highest BCUT2D eigenvalue weighted by Gasteiger charge is 2.44. The summed E-state index contributed by atoms with van der Waals surface area (Å²) < 4.78 is 13.9. The topological polar surface area (TPSA) is 35.2 Å². The third-order valence-electron chi connectivity index (χ3n) is 2.69. The normalized spacial score (nSPS) is 18.2. The first-order chi connectivity index (χ1) is 6.66. The van der Waals surface area contributed by atoms with Crippen LogP contribution in [0.15, 0.2) is 22.7 Å². The fraction of sp³-hybridized carbons (Fsp3) is 0.400. The van der Waals surface area contributed by atoms with E-state index < -0.39 is 0 Å². The number of halogens is 2. The van der Waals surface area contributed by atoms with Crippen LogP contribution in [-0.2, 0) is 10.3 Å². The average molecular weight is 260 g/mol. The number of rotatable bonds is 3. The Bertz CT molecular complexity index is 332. The largest absolute Gasteiger partial charge is 0.304 e. The lowest BCUT2D eigenvalue weighted by Gasteiger charge is -2.14. The lowest BCUT2D eigenvalue weighted by atomic mass is 9.97. The van der Waals surface area contributed by atoms with Gasteiger partial charge < -0.3 is 4.84 Å². The summed E-state index contributed by atoms with van der Waals surface area (Å²) in [6.07, 6.45) is 2.03. The minimum atomic E-state index is -0.224. The minimum absolute atomic E-state index is 0.0423. The lowest BCUT2D eigenvalue weighted by molar-refractivity contribution is 0.116. The summed E-state index contributed by atoms with van der Waals surface area (Å²) in [7, 11) is 0. The van der Waals surface area contributed by atoms with Crippen LogP contribution in [0, 0.1) is 5.82 Å². The molecule has 1 fully saturated rings. The molecular weight excluding hydrogens is 249 g/mol. The van der Waals surface area contributed by atoms with E-state index in [1.807, 2.05) is 6.07 Å². The van der Waals surface area contributed by atoms with Crippen LogP contribution in [-0.4, -0.2) is 6.61 Å². The van der Waals surface area contributed by atoms with Crippen LogP contribution in [0.4, 0.5) is 4.39 Å². The molecule has 0 amide bonds. The zero-order valence-electron chi connectivity index (χ0n) is 7.59. The molecule has 2 N–H and O–H groups in total. The second-order valence-corrected chi connectivity index (χ2v) is 4.67. The molecule has 0 radical (unpaired) electrons. The molecule has 1 aromatic rings. The van der Waals surface area contributed by atoms with Crippen molar-refractivity contribution < 1.29 is 9.23 Å². The van der Waals surface area contributed by atoms with Crippen LogP contribution in [0.25, 0.3) is 0 Å². The van der Waals surface area contributed by atoms with Gasteiger partial charge in [0.1, 0.15) is 5.82 Å². The molecule has 1 aromatic carbocycles. The summed E-state index contributed by atoms with van der Waals surface area (Å²) in [5, 5.41) is 0. The summed E-state index contributed by atoms with van der Waals surface area (Å²) in [5.41, 5.74) is 0.925. The molecule has 1 saturated carbocycles. The minimum Gasteiger partial charge on any atom is -0.304 e. The molecule has 0 aromatic heterocycles. The number of hydrogen-bond donors (Lipinski definition) is 1. The van der Waals surface area contributed by atoms with E-state index in [0.717, 1.165) is 22.9 Å². The van der Waals surface area contributed by atoms with Crippen molar-refractivity contribution in [1.82, 2.24) is 0 Å². The third-order valence-corrected chi connectivity index (χ3v) is 3.15. The first-order valence-corrected chi connectivity index (χ1v) is 5.24. The third kappa shape index (κ3) is 1.82. The SMILES string of the molecule is NOCC1(c2cc(F)cc(Br)c2)CC1. The highest BCUT2D eigenvalue weighted by Crippen LogP contribution is 2.48. The second kappa shape index (κ2) is 3.61. The Morgan fingerprint density at radius 2 is 2.14 bits per heavy atom.